The van der Waals surface area contributed by atoms with Crippen molar-refractivity contribution in [3.8, 4) is 5.75 Å². The van der Waals surface area contributed by atoms with Crippen molar-refractivity contribution in [1.29, 1.82) is 0 Å². The molecular weight excluding hydrogens is 448 g/mol. The van der Waals surface area contributed by atoms with Gasteiger partial charge in [-0.1, -0.05) is 11.8 Å². The summed E-state index contributed by atoms with van der Waals surface area (Å²) in [6, 6.07) is 5.59. The third-order valence-corrected chi connectivity index (χ3v) is 6.21. The second-order valence-corrected chi connectivity index (χ2v) is 8.21. The Balaban J connectivity index is 2.04. The normalized spacial score (nSPS) is 13.4. The number of benzene rings is 1. The number of aryl methyl sites for hydroxylation is 1. The Hall–Kier alpha value is -2.37. The number of nitrogens with two attached hydrogens (primary N) is 2. The van der Waals surface area contributed by atoms with Crippen molar-refractivity contribution in [2.75, 3.05) is 12.8 Å². The average Bonchev–Trinajstić information content (AvgIpc) is 3.00. The zero-order valence-corrected chi connectivity index (χ0v) is 17.6. The topological polar surface area (TPSA) is 142 Å². The molecule has 11 heteroatoms. The molecule has 3 aromatic rings. The Bertz CT molecular complexity index is 1040. The molecule has 2 heterocycles. The van der Waals surface area contributed by atoms with Gasteiger partial charge in [0.15, 0.2) is 22.1 Å². The number of nitrogen functional groups attached to an aromatic ring is 1. The summed E-state index contributed by atoms with van der Waals surface area (Å²) in [4.78, 5) is 25.1. The maximum atomic E-state index is 11.4. The summed E-state index contributed by atoms with van der Waals surface area (Å²) in [6.45, 7) is 1.78. The number of rotatable bonds is 7. The van der Waals surface area contributed by atoms with E-state index in [0.717, 1.165) is 9.37 Å². The summed E-state index contributed by atoms with van der Waals surface area (Å²) in [5.41, 5.74) is 11.4. The molecule has 0 saturated carbocycles. The highest BCUT2D eigenvalue weighted by Crippen LogP contribution is 2.37. The van der Waals surface area contributed by atoms with E-state index in [-0.39, 0.29) is 12.2 Å². The van der Waals surface area contributed by atoms with Gasteiger partial charge in [0.1, 0.15) is 17.6 Å². The lowest BCUT2D eigenvalue weighted by Crippen LogP contribution is -2.45. The van der Waals surface area contributed by atoms with E-state index in [1.54, 1.807) is 11.7 Å². The van der Waals surface area contributed by atoms with Crippen LogP contribution < -0.4 is 16.2 Å². The van der Waals surface area contributed by atoms with E-state index in [4.69, 9.17) is 16.2 Å². The highest BCUT2D eigenvalue weighted by atomic mass is 79.9. The fraction of sp³-hybridized carbons (Fsp3) is 0.294. The number of methoxy groups -OCH3 is 1. The first-order valence-electron chi connectivity index (χ1n) is 8.23. The zero-order chi connectivity index (χ0) is 20.5. The maximum Gasteiger partial charge on any atom is 0.323 e. The molecule has 0 unspecified atom stereocenters. The molecule has 0 spiro atoms. The summed E-state index contributed by atoms with van der Waals surface area (Å²) in [6.07, 6.45) is 1.54. The summed E-state index contributed by atoms with van der Waals surface area (Å²) in [5, 5.41) is 9.90. The number of anilines is 1. The Kier molecular flexibility index (Phi) is 5.77. The van der Waals surface area contributed by atoms with Gasteiger partial charge in [0.25, 0.3) is 0 Å². The smallest absolute Gasteiger partial charge is 0.323 e. The zero-order valence-electron chi connectivity index (χ0n) is 15.2. The monoisotopic (exact) mass is 466 g/mol. The van der Waals surface area contributed by atoms with Crippen molar-refractivity contribution in [2.24, 2.45) is 5.73 Å². The Morgan fingerprint density at radius 2 is 2.18 bits per heavy atom. The number of hydrogen-bond donors (Lipinski definition) is 3. The molecule has 2 aromatic heterocycles. The van der Waals surface area contributed by atoms with Crippen molar-refractivity contribution in [3.63, 3.8) is 0 Å². The van der Waals surface area contributed by atoms with Crippen molar-refractivity contribution >= 4 is 50.6 Å². The number of nitrogens with zero attached hydrogens (tertiary/aromatic N) is 4. The average molecular weight is 467 g/mol. The van der Waals surface area contributed by atoms with Crippen LogP contribution >= 0.6 is 27.7 Å². The van der Waals surface area contributed by atoms with Crippen LogP contribution in [0.25, 0.3) is 11.2 Å². The van der Waals surface area contributed by atoms with Gasteiger partial charge in [-0.3, -0.25) is 4.79 Å². The number of hydrogen-bond acceptors (Lipinski definition) is 8. The molecule has 3 rings (SSSR count). The molecule has 9 nitrogen and oxygen atoms in total. The third kappa shape index (κ3) is 4.05. The highest BCUT2D eigenvalue weighted by Gasteiger charge is 2.28. The SMILES string of the molecule is COc1ccc(Br)c(Sc2nc3c(N)ncnc3n2CC[C@](C)(N)C(=O)O)c1. The summed E-state index contributed by atoms with van der Waals surface area (Å²) < 4.78 is 7.96. The van der Waals surface area contributed by atoms with Crippen LogP contribution in [-0.4, -0.2) is 43.2 Å². The predicted molar refractivity (Wildman–Crippen MR) is 109 cm³/mol. The number of fused-ring (bicyclic) bond motifs is 1. The third-order valence-electron chi connectivity index (χ3n) is 4.21. The van der Waals surface area contributed by atoms with Crippen molar-refractivity contribution in [1.82, 2.24) is 19.5 Å². The first-order valence-corrected chi connectivity index (χ1v) is 9.84. The maximum absolute atomic E-state index is 11.4. The van der Waals surface area contributed by atoms with E-state index in [0.29, 0.717) is 28.6 Å². The fourth-order valence-electron chi connectivity index (χ4n) is 2.45. The second-order valence-electron chi connectivity index (χ2n) is 6.35. The highest BCUT2D eigenvalue weighted by molar-refractivity contribution is 9.10. The van der Waals surface area contributed by atoms with Gasteiger partial charge in [-0.15, -0.1) is 0 Å². The van der Waals surface area contributed by atoms with E-state index in [9.17, 15) is 9.90 Å². The van der Waals surface area contributed by atoms with Gasteiger partial charge in [-0.25, -0.2) is 15.0 Å². The minimum Gasteiger partial charge on any atom is -0.497 e. The molecule has 0 bridgehead atoms. The van der Waals surface area contributed by atoms with Crippen molar-refractivity contribution in [2.45, 2.75) is 35.5 Å². The molecule has 1 atom stereocenters. The number of imidazole rings is 1. The van der Waals surface area contributed by atoms with Crippen LogP contribution in [0.15, 0.2) is 39.1 Å². The minimum absolute atomic E-state index is 0.185. The lowest BCUT2D eigenvalue weighted by atomic mass is 10.00. The van der Waals surface area contributed by atoms with Crippen LogP contribution in [-0.2, 0) is 11.3 Å². The molecule has 5 N–H and O–H groups in total. The van der Waals surface area contributed by atoms with Gasteiger partial charge in [0.05, 0.1) is 7.11 Å². The second kappa shape index (κ2) is 7.94. The largest absolute Gasteiger partial charge is 0.497 e. The van der Waals surface area contributed by atoms with Gasteiger partial charge in [0, 0.05) is 15.9 Å². The van der Waals surface area contributed by atoms with Gasteiger partial charge >= 0.3 is 5.97 Å². The van der Waals surface area contributed by atoms with Gasteiger partial charge in [-0.2, -0.15) is 0 Å². The molecule has 0 aliphatic rings. The molecule has 1 aromatic carbocycles. The van der Waals surface area contributed by atoms with Crippen LogP contribution in [0.3, 0.4) is 0 Å². The Morgan fingerprint density at radius 1 is 1.43 bits per heavy atom. The standard InChI is InChI=1S/C17H19BrN6O3S/c1-17(20,15(25)26)5-6-24-14-12(13(19)21-8-22-14)23-16(24)28-11-7-9(27-2)3-4-10(11)18/h3-4,7-8H,5-6,20H2,1-2H3,(H,25,26)(H2,19,21,22)/t17-/m0/s1. The van der Waals surface area contributed by atoms with E-state index < -0.39 is 11.5 Å². The van der Waals surface area contributed by atoms with E-state index in [1.807, 2.05) is 18.2 Å². The van der Waals surface area contributed by atoms with Crippen LogP contribution in [0.5, 0.6) is 5.75 Å². The van der Waals surface area contributed by atoms with Crippen molar-refractivity contribution < 1.29 is 14.6 Å². The molecule has 0 radical (unpaired) electrons. The Labute approximate surface area is 173 Å². The molecule has 0 amide bonds. The van der Waals surface area contributed by atoms with Gasteiger partial charge < -0.3 is 25.9 Å². The molecule has 148 valence electrons. The number of halogens is 1. The molecule has 0 saturated heterocycles. The minimum atomic E-state index is -1.38. The number of aliphatic carboxylic acids is 1. The number of aromatic nitrogens is 4. The molecular formula is C17H19BrN6O3S. The van der Waals surface area contributed by atoms with E-state index in [1.165, 1.54) is 25.0 Å². The van der Waals surface area contributed by atoms with Gasteiger partial charge in [0.2, 0.25) is 0 Å². The first-order chi connectivity index (χ1) is 13.2. The van der Waals surface area contributed by atoms with Crippen LogP contribution in [0.4, 0.5) is 5.82 Å². The quantitative estimate of drug-likeness (QED) is 0.478. The molecule has 0 aliphatic heterocycles. The van der Waals surface area contributed by atoms with Crippen molar-refractivity contribution in [3.05, 3.63) is 29.0 Å². The van der Waals surface area contributed by atoms with E-state index in [2.05, 4.69) is 30.9 Å². The van der Waals surface area contributed by atoms with Crippen LogP contribution in [0.1, 0.15) is 13.3 Å². The summed E-state index contributed by atoms with van der Waals surface area (Å²) in [7, 11) is 1.59. The lowest BCUT2D eigenvalue weighted by molar-refractivity contribution is -0.143. The first kappa shape index (κ1) is 20.4. The van der Waals surface area contributed by atoms with Crippen LogP contribution in [0.2, 0.25) is 0 Å². The summed E-state index contributed by atoms with van der Waals surface area (Å²) >= 11 is 4.90. The van der Waals surface area contributed by atoms with E-state index >= 15 is 0 Å². The number of ether oxygens (including phenoxy) is 1. The number of carboxylic acid groups (broad SMARTS) is 1. The number of carboxylic acids is 1. The Morgan fingerprint density at radius 3 is 2.86 bits per heavy atom. The molecule has 0 aliphatic carbocycles. The van der Waals surface area contributed by atoms with Crippen LogP contribution in [0, 0.1) is 0 Å². The predicted octanol–water partition coefficient (Wildman–Crippen LogP) is 2.52. The molecule has 0 fully saturated rings. The summed E-state index contributed by atoms with van der Waals surface area (Å²) in [5.74, 6) is -0.118. The number of carbonyl (C=O) groups is 1. The molecule has 28 heavy (non-hydrogen) atoms. The van der Waals surface area contributed by atoms with Gasteiger partial charge in [-0.05, 0) is 47.5 Å². The fourth-order valence-corrected chi connectivity index (χ4v) is 3.90. The lowest BCUT2D eigenvalue weighted by Gasteiger charge is -2.20.